The van der Waals surface area contributed by atoms with Crippen molar-refractivity contribution in [2.24, 2.45) is 0 Å². The Kier molecular flexibility index (Phi) is 5.24. The van der Waals surface area contributed by atoms with Gasteiger partial charge in [0.2, 0.25) is 0 Å². The summed E-state index contributed by atoms with van der Waals surface area (Å²) in [6, 6.07) is 11.9. The van der Waals surface area contributed by atoms with Crippen LogP contribution in [0.2, 0.25) is 0 Å². The van der Waals surface area contributed by atoms with E-state index in [0.717, 1.165) is 23.3 Å². The summed E-state index contributed by atoms with van der Waals surface area (Å²) in [5.74, 6) is -0.132. The number of benzene rings is 1. The van der Waals surface area contributed by atoms with E-state index in [1.54, 1.807) is 11.3 Å². The van der Waals surface area contributed by atoms with Crippen LogP contribution in [0.3, 0.4) is 0 Å². The second-order valence-electron chi connectivity index (χ2n) is 5.68. The van der Waals surface area contributed by atoms with Crippen LogP contribution in [0.4, 0.5) is 0 Å². The van der Waals surface area contributed by atoms with E-state index < -0.39 is 0 Å². The topological polar surface area (TPSA) is 38.3 Å². The third-order valence-electron chi connectivity index (χ3n) is 3.97. The molecule has 3 rings (SSSR count). The zero-order chi connectivity index (χ0) is 15.2. The number of aryl methyl sites for hydroxylation is 2. The first kappa shape index (κ1) is 15.3. The van der Waals surface area contributed by atoms with E-state index >= 15 is 0 Å². The maximum Gasteiger partial charge on any atom is 0.284 e. The van der Waals surface area contributed by atoms with Gasteiger partial charge >= 0.3 is 0 Å². The third kappa shape index (κ3) is 3.96. The quantitative estimate of drug-likeness (QED) is 0.856. The van der Waals surface area contributed by atoms with Gasteiger partial charge in [0, 0.05) is 4.88 Å². The molecule has 0 fully saturated rings. The molecule has 0 aliphatic heterocycles. The Balaban J connectivity index is 1.57. The lowest BCUT2D eigenvalue weighted by Gasteiger charge is -2.07. The van der Waals surface area contributed by atoms with E-state index in [1.165, 1.54) is 36.1 Å². The van der Waals surface area contributed by atoms with Gasteiger partial charge in [-0.25, -0.2) is 5.48 Å². The fourth-order valence-corrected chi connectivity index (χ4v) is 3.91. The number of thiophene rings is 1. The van der Waals surface area contributed by atoms with Crippen LogP contribution in [0.5, 0.6) is 0 Å². The van der Waals surface area contributed by atoms with Crippen molar-refractivity contribution in [3.63, 3.8) is 0 Å². The van der Waals surface area contributed by atoms with Crippen molar-refractivity contribution >= 4 is 17.2 Å². The van der Waals surface area contributed by atoms with Crippen LogP contribution in [0, 0.1) is 0 Å². The minimum absolute atomic E-state index is 0.132. The normalized spacial score (nSPS) is 14.7. The summed E-state index contributed by atoms with van der Waals surface area (Å²) in [7, 11) is 0. The molecule has 1 aromatic carbocycles. The Morgan fingerprint density at radius 1 is 1.09 bits per heavy atom. The SMILES string of the molecule is O=C(NOCc1ccccc1)c1cc2c(s1)CCCCCC2. The number of nitrogens with one attached hydrogen (secondary N) is 1. The molecule has 0 bridgehead atoms. The highest BCUT2D eigenvalue weighted by molar-refractivity contribution is 7.14. The summed E-state index contributed by atoms with van der Waals surface area (Å²) < 4.78 is 0. The summed E-state index contributed by atoms with van der Waals surface area (Å²) in [6.45, 7) is 0.387. The molecule has 0 saturated heterocycles. The van der Waals surface area contributed by atoms with Crippen molar-refractivity contribution in [3.8, 4) is 0 Å². The van der Waals surface area contributed by atoms with Crippen LogP contribution in [0.25, 0.3) is 0 Å². The van der Waals surface area contributed by atoms with E-state index in [2.05, 4.69) is 5.48 Å². The van der Waals surface area contributed by atoms with Gasteiger partial charge in [-0.15, -0.1) is 11.3 Å². The highest BCUT2D eigenvalue weighted by atomic mass is 32.1. The Morgan fingerprint density at radius 2 is 1.86 bits per heavy atom. The molecule has 4 heteroatoms. The molecule has 3 nitrogen and oxygen atoms in total. The zero-order valence-corrected chi connectivity index (χ0v) is 13.5. The van der Waals surface area contributed by atoms with Gasteiger partial charge in [0.1, 0.15) is 0 Å². The number of rotatable bonds is 4. The molecule has 1 aromatic heterocycles. The summed E-state index contributed by atoms with van der Waals surface area (Å²) in [4.78, 5) is 19.7. The predicted octanol–water partition coefficient (Wildman–Crippen LogP) is 4.27. The van der Waals surface area contributed by atoms with E-state index in [0.29, 0.717) is 6.61 Å². The van der Waals surface area contributed by atoms with E-state index in [9.17, 15) is 4.79 Å². The number of carbonyl (C=O) groups excluding carboxylic acids is 1. The average Bonchev–Trinajstić information content (AvgIpc) is 2.90. The minimum Gasteiger partial charge on any atom is -0.269 e. The second-order valence-corrected chi connectivity index (χ2v) is 6.82. The Morgan fingerprint density at radius 3 is 2.68 bits per heavy atom. The van der Waals surface area contributed by atoms with Crippen LogP contribution in [0.1, 0.15) is 51.4 Å². The predicted molar refractivity (Wildman–Crippen MR) is 88.9 cm³/mol. The van der Waals surface area contributed by atoms with Crippen LogP contribution in [-0.2, 0) is 24.3 Å². The van der Waals surface area contributed by atoms with Gasteiger partial charge < -0.3 is 0 Å². The molecule has 1 amide bonds. The molecule has 0 radical (unpaired) electrons. The monoisotopic (exact) mass is 315 g/mol. The maximum atomic E-state index is 12.2. The van der Waals surface area contributed by atoms with Crippen LogP contribution in [-0.4, -0.2) is 5.91 Å². The first-order valence-electron chi connectivity index (χ1n) is 7.90. The molecule has 1 heterocycles. The van der Waals surface area contributed by atoms with Crippen LogP contribution < -0.4 is 5.48 Å². The van der Waals surface area contributed by atoms with Crippen molar-refractivity contribution in [2.45, 2.75) is 45.1 Å². The van der Waals surface area contributed by atoms with Gasteiger partial charge in [-0.2, -0.15) is 0 Å². The highest BCUT2D eigenvalue weighted by Gasteiger charge is 2.15. The second kappa shape index (κ2) is 7.56. The number of amides is 1. The van der Waals surface area contributed by atoms with Crippen molar-refractivity contribution in [2.75, 3.05) is 0 Å². The molecule has 1 N–H and O–H groups in total. The number of carbonyl (C=O) groups is 1. The van der Waals surface area contributed by atoms with Gasteiger partial charge in [-0.3, -0.25) is 9.63 Å². The van der Waals surface area contributed by atoms with Gasteiger partial charge in [0.05, 0.1) is 11.5 Å². The number of hydrogen-bond acceptors (Lipinski definition) is 3. The van der Waals surface area contributed by atoms with Crippen molar-refractivity contribution in [1.82, 2.24) is 5.48 Å². The van der Waals surface area contributed by atoms with E-state index in [4.69, 9.17) is 4.84 Å². The van der Waals surface area contributed by atoms with Gasteiger partial charge in [0.25, 0.3) is 5.91 Å². The van der Waals surface area contributed by atoms with Crippen LogP contribution in [0.15, 0.2) is 36.4 Å². The summed E-state index contributed by atoms with van der Waals surface area (Å²) in [6.07, 6.45) is 7.28. The van der Waals surface area contributed by atoms with E-state index in [-0.39, 0.29) is 5.91 Å². The number of hydroxylamine groups is 1. The molecular weight excluding hydrogens is 294 g/mol. The first-order valence-corrected chi connectivity index (χ1v) is 8.72. The molecule has 1 aliphatic rings. The molecule has 22 heavy (non-hydrogen) atoms. The van der Waals surface area contributed by atoms with Gasteiger partial charge in [0.15, 0.2) is 0 Å². The highest BCUT2D eigenvalue weighted by Crippen LogP contribution is 2.28. The molecule has 116 valence electrons. The fourth-order valence-electron chi connectivity index (χ4n) is 2.77. The lowest BCUT2D eigenvalue weighted by atomic mass is 10.00. The molecule has 0 atom stereocenters. The van der Waals surface area contributed by atoms with Crippen molar-refractivity contribution in [3.05, 3.63) is 57.3 Å². The van der Waals surface area contributed by atoms with Crippen molar-refractivity contribution in [1.29, 1.82) is 0 Å². The average molecular weight is 315 g/mol. The Hall–Kier alpha value is -1.65. The van der Waals surface area contributed by atoms with Gasteiger partial charge in [-0.05, 0) is 42.9 Å². The molecule has 0 unspecified atom stereocenters. The first-order chi connectivity index (χ1) is 10.8. The summed E-state index contributed by atoms with van der Waals surface area (Å²) in [5, 5.41) is 0. The van der Waals surface area contributed by atoms with Gasteiger partial charge in [-0.1, -0.05) is 43.2 Å². The Labute approximate surface area is 135 Å². The minimum atomic E-state index is -0.132. The Bertz CT molecular complexity index is 596. The largest absolute Gasteiger partial charge is 0.284 e. The molecule has 2 aromatic rings. The zero-order valence-electron chi connectivity index (χ0n) is 12.6. The lowest BCUT2D eigenvalue weighted by Crippen LogP contribution is -2.22. The third-order valence-corrected chi connectivity index (χ3v) is 5.20. The fraction of sp³-hybridized carbons (Fsp3) is 0.389. The smallest absolute Gasteiger partial charge is 0.269 e. The molecular formula is C18H21NO2S. The number of hydrogen-bond donors (Lipinski definition) is 1. The maximum absolute atomic E-state index is 12.2. The van der Waals surface area contributed by atoms with Crippen molar-refractivity contribution < 1.29 is 9.63 Å². The molecule has 0 spiro atoms. The summed E-state index contributed by atoms with van der Waals surface area (Å²) in [5.41, 5.74) is 4.96. The standard InChI is InChI=1S/C18H21NO2S/c20-18(19-21-13-14-8-4-3-5-9-14)17-12-15-10-6-1-2-7-11-16(15)22-17/h3-5,8-9,12H,1-2,6-7,10-11,13H2,(H,19,20). The molecule has 0 saturated carbocycles. The van der Waals surface area contributed by atoms with E-state index in [1.807, 2.05) is 36.4 Å². The van der Waals surface area contributed by atoms with Crippen LogP contribution >= 0.6 is 11.3 Å². The molecule has 1 aliphatic carbocycles. The lowest BCUT2D eigenvalue weighted by molar-refractivity contribution is 0.0237. The summed E-state index contributed by atoms with van der Waals surface area (Å²) >= 11 is 1.62. The number of fused-ring (bicyclic) bond motifs is 1.